The zero-order valence-electron chi connectivity index (χ0n) is 19.4. The number of benzene rings is 1. The fraction of sp³-hybridized carbons (Fsp3) is 0.231. The quantitative estimate of drug-likeness (QED) is 0.437. The van der Waals surface area contributed by atoms with E-state index in [1.165, 1.54) is 0 Å². The Morgan fingerprint density at radius 1 is 0.970 bits per heavy atom. The second kappa shape index (κ2) is 7.85. The van der Waals surface area contributed by atoms with E-state index in [9.17, 15) is 4.79 Å². The zero-order valence-corrected chi connectivity index (χ0v) is 19.4. The second-order valence-electron chi connectivity index (χ2n) is 8.72. The van der Waals surface area contributed by atoms with Gasteiger partial charge in [0.15, 0.2) is 0 Å². The smallest absolute Gasteiger partial charge is 0.333 e. The first-order valence-corrected chi connectivity index (χ1v) is 11.0. The number of anilines is 1. The summed E-state index contributed by atoms with van der Waals surface area (Å²) in [5.74, 6) is 0. The fourth-order valence-corrected chi connectivity index (χ4v) is 4.33. The fourth-order valence-electron chi connectivity index (χ4n) is 4.33. The molecule has 0 amide bonds. The minimum Gasteiger partial charge on any atom is -0.382 e. The Kier molecular flexibility index (Phi) is 4.96. The lowest BCUT2D eigenvalue weighted by molar-refractivity contribution is 0.839. The highest BCUT2D eigenvalue weighted by Gasteiger charge is 2.18. The molecule has 0 saturated carbocycles. The Hall–Kier alpha value is -4.00. The molecule has 1 aromatic carbocycles. The van der Waals surface area contributed by atoms with E-state index in [1.54, 1.807) is 22.4 Å². The van der Waals surface area contributed by atoms with E-state index >= 15 is 0 Å². The van der Waals surface area contributed by atoms with Crippen LogP contribution in [0.4, 0.5) is 5.69 Å². The number of nitrogens with one attached hydrogen (secondary N) is 1. The Labute approximate surface area is 191 Å². The van der Waals surface area contributed by atoms with Crippen molar-refractivity contribution in [2.75, 3.05) is 5.32 Å². The van der Waals surface area contributed by atoms with E-state index < -0.39 is 0 Å². The standard InChI is InChI=1S/C26H26N6O/c1-15(2)29-20-10-19(12-27-13-20)18-7-8-22-21(11-18)25-24(14-28-22)31(5)26(33)32(25)23-9-6-16(3)30-17(23)4/h6-15,29H,1-5H3. The van der Waals surface area contributed by atoms with Gasteiger partial charge in [-0.15, -0.1) is 0 Å². The molecule has 5 aromatic rings. The lowest BCUT2D eigenvalue weighted by Gasteiger charge is -2.12. The molecule has 0 saturated heterocycles. The largest absolute Gasteiger partial charge is 0.382 e. The van der Waals surface area contributed by atoms with E-state index in [-0.39, 0.29) is 5.69 Å². The number of aromatic nitrogens is 5. The van der Waals surface area contributed by atoms with Crippen LogP contribution in [0.15, 0.2) is 59.8 Å². The summed E-state index contributed by atoms with van der Waals surface area (Å²) >= 11 is 0. The van der Waals surface area contributed by atoms with Crippen LogP contribution < -0.4 is 11.0 Å². The normalized spacial score (nSPS) is 11.6. The maximum atomic E-state index is 13.3. The number of imidazole rings is 1. The van der Waals surface area contributed by atoms with E-state index in [0.29, 0.717) is 6.04 Å². The summed E-state index contributed by atoms with van der Waals surface area (Å²) in [6.07, 6.45) is 5.44. The summed E-state index contributed by atoms with van der Waals surface area (Å²) in [7, 11) is 1.78. The molecule has 0 atom stereocenters. The van der Waals surface area contributed by atoms with Crippen LogP contribution in [0.2, 0.25) is 0 Å². The molecule has 4 heterocycles. The lowest BCUT2D eigenvalue weighted by atomic mass is 10.0. The number of pyridine rings is 3. The minimum atomic E-state index is -0.122. The zero-order chi connectivity index (χ0) is 23.3. The van der Waals surface area contributed by atoms with Crippen LogP contribution in [-0.2, 0) is 7.05 Å². The molecule has 33 heavy (non-hydrogen) atoms. The van der Waals surface area contributed by atoms with Crippen LogP contribution in [-0.4, -0.2) is 30.1 Å². The monoisotopic (exact) mass is 438 g/mol. The van der Waals surface area contributed by atoms with Crippen LogP contribution in [0.25, 0.3) is 38.8 Å². The van der Waals surface area contributed by atoms with Crippen LogP contribution in [0.3, 0.4) is 0 Å². The van der Waals surface area contributed by atoms with Gasteiger partial charge in [0.1, 0.15) is 0 Å². The topological polar surface area (TPSA) is 77.6 Å². The van der Waals surface area contributed by atoms with Gasteiger partial charge in [0.05, 0.1) is 39.8 Å². The lowest BCUT2D eigenvalue weighted by Crippen LogP contribution is -2.21. The van der Waals surface area contributed by atoms with Crippen molar-refractivity contribution >= 4 is 27.6 Å². The molecule has 0 fully saturated rings. The van der Waals surface area contributed by atoms with Crippen LogP contribution >= 0.6 is 0 Å². The molecule has 0 radical (unpaired) electrons. The summed E-state index contributed by atoms with van der Waals surface area (Å²) in [6.45, 7) is 8.08. The van der Waals surface area contributed by atoms with Crippen LogP contribution in [0.1, 0.15) is 25.2 Å². The molecule has 0 unspecified atom stereocenters. The molecule has 7 heteroatoms. The molecular formula is C26H26N6O. The molecule has 7 nitrogen and oxygen atoms in total. The molecule has 0 aliphatic carbocycles. The van der Waals surface area contributed by atoms with Gasteiger partial charge in [-0.1, -0.05) is 6.07 Å². The van der Waals surface area contributed by atoms with Crippen molar-refractivity contribution in [1.29, 1.82) is 0 Å². The number of nitrogens with zero attached hydrogens (tertiary/aromatic N) is 5. The van der Waals surface area contributed by atoms with Gasteiger partial charge in [-0.05, 0) is 63.6 Å². The average molecular weight is 439 g/mol. The van der Waals surface area contributed by atoms with Crippen LogP contribution in [0, 0.1) is 13.8 Å². The number of hydrogen-bond donors (Lipinski definition) is 1. The number of fused-ring (bicyclic) bond motifs is 3. The molecule has 4 aromatic heterocycles. The molecule has 166 valence electrons. The van der Waals surface area contributed by atoms with E-state index in [0.717, 1.165) is 55.8 Å². The van der Waals surface area contributed by atoms with Gasteiger partial charge in [-0.3, -0.25) is 24.1 Å². The minimum absolute atomic E-state index is 0.122. The van der Waals surface area contributed by atoms with Gasteiger partial charge in [-0.25, -0.2) is 4.79 Å². The summed E-state index contributed by atoms with van der Waals surface area (Å²) in [4.78, 5) is 27.0. The van der Waals surface area contributed by atoms with Crippen molar-refractivity contribution in [2.24, 2.45) is 7.05 Å². The highest BCUT2D eigenvalue weighted by atomic mass is 16.1. The molecule has 5 rings (SSSR count). The summed E-state index contributed by atoms with van der Waals surface area (Å²) in [5.41, 5.74) is 7.79. The molecule has 0 bridgehead atoms. The van der Waals surface area contributed by atoms with Gasteiger partial charge in [-0.2, -0.15) is 0 Å². The van der Waals surface area contributed by atoms with Crippen molar-refractivity contribution < 1.29 is 0 Å². The molecule has 1 N–H and O–H groups in total. The summed E-state index contributed by atoms with van der Waals surface area (Å²) in [6, 6.07) is 12.4. The summed E-state index contributed by atoms with van der Waals surface area (Å²) < 4.78 is 3.39. The predicted octanol–water partition coefficient (Wildman–Crippen LogP) is 4.77. The van der Waals surface area contributed by atoms with Crippen molar-refractivity contribution in [3.8, 4) is 16.8 Å². The number of aryl methyl sites for hydroxylation is 3. The van der Waals surface area contributed by atoms with Gasteiger partial charge < -0.3 is 5.32 Å². The summed E-state index contributed by atoms with van der Waals surface area (Å²) in [5, 5.41) is 4.31. The van der Waals surface area contributed by atoms with Gasteiger partial charge in [0.25, 0.3) is 0 Å². The third kappa shape index (κ3) is 3.55. The Bertz CT molecular complexity index is 1580. The predicted molar refractivity (Wildman–Crippen MR) is 133 cm³/mol. The van der Waals surface area contributed by atoms with Crippen molar-refractivity contribution in [3.63, 3.8) is 0 Å². The van der Waals surface area contributed by atoms with Crippen molar-refractivity contribution in [1.82, 2.24) is 24.1 Å². The second-order valence-corrected chi connectivity index (χ2v) is 8.72. The molecule has 0 aliphatic heterocycles. The van der Waals surface area contributed by atoms with E-state index in [1.807, 2.05) is 50.5 Å². The third-order valence-electron chi connectivity index (χ3n) is 5.85. The van der Waals surface area contributed by atoms with E-state index in [4.69, 9.17) is 0 Å². The highest BCUT2D eigenvalue weighted by Crippen LogP contribution is 2.30. The van der Waals surface area contributed by atoms with Gasteiger partial charge >= 0.3 is 5.69 Å². The average Bonchev–Trinajstić information content (AvgIpc) is 3.04. The maximum Gasteiger partial charge on any atom is 0.333 e. The molecule has 0 spiro atoms. The first-order valence-electron chi connectivity index (χ1n) is 11.0. The van der Waals surface area contributed by atoms with Crippen molar-refractivity contribution in [2.45, 2.75) is 33.7 Å². The Balaban J connectivity index is 1.79. The first-order chi connectivity index (χ1) is 15.8. The Morgan fingerprint density at radius 2 is 1.79 bits per heavy atom. The first kappa shape index (κ1) is 20.9. The Morgan fingerprint density at radius 3 is 2.55 bits per heavy atom. The van der Waals surface area contributed by atoms with Gasteiger partial charge in [0.2, 0.25) is 0 Å². The number of hydrogen-bond acceptors (Lipinski definition) is 5. The van der Waals surface area contributed by atoms with Crippen molar-refractivity contribution in [3.05, 3.63) is 76.9 Å². The van der Waals surface area contributed by atoms with Gasteiger partial charge in [0, 0.05) is 42.1 Å². The maximum absolute atomic E-state index is 13.3. The SMILES string of the molecule is Cc1ccc(-n2c(=O)n(C)c3cnc4ccc(-c5cncc(NC(C)C)c5)cc4c32)c(C)n1. The third-order valence-corrected chi connectivity index (χ3v) is 5.85. The van der Waals surface area contributed by atoms with Crippen LogP contribution in [0.5, 0.6) is 0 Å². The van der Waals surface area contributed by atoms with E-state index in [2.05, 4.69) is 46.2 Å². The molecular weight excluding hydrogens is 412 g/mol. The number of rotatable bonds is 4. The molecule has 0 aliphatic rings. The highest BCUT2D eigenvalue weighted by molar-refractivity contribution is 6.04.